The van der Waals surface area contributed by atoms with Crippen molar-refractivity contribution in [2.24, 2.45) is 0 Å². The molecule has 0 heterocycles. The van der Waals surface area contributed by atoms with Crippen LogP contribution < -0.4 is 0 Å². The Morgan fingerprint density at radius 2 is 0.524 bits per heavy atom. The number of hydrogen-bond donors (Lipinski definition) is 0. The molecule has 10 heteroatoms. The minimum absolute atomic E-state index is 0.950. The monoisotopic (exact) mass is 684 g/mol. The first-order valence-electron chi connectivity index (χ1n) is 16.0. The van der Waals surface area contributed by atoms with E-state index in [9.17, 15) is 0 Å². The predicted octanol–water partition coefficient (Wildman–Crippen LogP) is 11.7. The van der Waals surface area contributed by atoms with Gasteiger partial charge in [0.1, 0.15) is 32.9 Å². The van der Waals surface area contributed by atoms with Crippen LogP contribution in [0.25, 0.3) is 0 Å². The lowest BCUT2D eigenvalue weighted by Crippen LogP contribution is -2.92. The normalized spacial score (nSPS) is 23.6. The van der Waals surface area contributed by atoms with E-state index in [0.29, 0.717) is 0 Å². The molecule has 0 aromatic carbocycles. The number of hydrogen-bond acceptors (Lipinski definition) is 2. The topological polar surface area (TPSA) is 6.48 Å². The minimum atomic E-state index is -4.63. The van der Waals surface area contributed by atoms with E-state index in [2.05, 4.69) is 156 Å². The summed E-state index contributed by atoms with van der Waals surface area (Å²) in [6.07, 6.45) is 0. The zero-order valence-corrected chi connectivity index (χ0v) is 37.7. The van der Waals surface area contributed by atoms with Gasteiger partial charge in [0.15, 0.2) is 0 Å². The maximum atomic E-state index is 21.0. The number of halogens is 2. The highest BCUT2D eigenvalue weighted by Crippen LogP contribution is 2.71. The Balaban J connectivity index is 3.60. The first-order valence-corrected chi connectivity index (χ1v) is 34.4. The lowest BCUT2D eigenvalue weighted by Gasteiger charge is -2.68. The fraction of sp³-hybridized carbons (Fsp3) is 0.750. The van der Waals surface area contributed by atoms with Crippen LogP contribution in [-0.2, 0) is 0 Å². The van der Waals surface area contributed by atoms with Gasteiger partial charge in [0, 0.05) is 10.1 Å². The molecule has 0 radical (unpaired) electrons. The fourth-order valence-corrected chi connectivity index (χ4v) is 74.0. The van der Waals surface area contributed by atoms with Crippen LogP contribution in [0.5, 0.6) is 0 Å². The summed E-state index contributed by atoms with van der Waals surface area (Å²) >= 11 is 0. The molecule has 0 aromatic heterocycles. The molecule has 242 valence electrons. The predicted molar refractivity (Wildman–Crippen MR) is 201 cm³/mol. The third-order valence-corrected chi connectivity index (χ3v) is 52.5. The van der Waals surface area contributed by atoms with Crippen molar-refractivity contribution in [2.45, 2.75) is 158 Å². The molecule has 0 N–H and O–H groups in total. The lowest BCUT2D eigenvalue weighted by molar-refractivity contribution is 0.528. The van der Waals surface area contributed by atoms with Gasteiger partial charge >= 0.3 is 16.2 Å². The molecule has 0 bridgehead atoms. The molecule has 2 atom stereocenters. The van der Waals surface area contributed by atoms with Crippen molar-refractivity contribution >= 4 is 49.1 Å². The second-order valence-corrected chi connectivity index (χ2v) is 49.0. The first-order chi connectivity index (χ1) is 18.3. The van der Waals surface area contributed by atoms with Crippen molar-refractivity contribution in [3.8, 4) is 0 Å². The third-order valence-electron chi connectivity index (χ3n) is 11.4. The molecule has 2 aliphatic carbocycles. The summed E-state index contributed by atoms with van der Waals surface area (Å²) in [4.78, 5) is 0. The second-order valence-electron chi connectivity index (χ2n) is 17.8. The van der Waals surface area contributed by atoms with Gasteiger partial charge in [-0.05, 0) is 77.7 Å². The summed E-state index contributed by atoms with van der Waals surface area (Å²) < 4.78 is 46.8. The van der Waals surface area contributed by atoms with Crippen LogP contribution in [0.3, 0.4) is 0 Å². The standard InChI is InChI=1S/C32H66F2N2Si6/c1-23-24(2)28(6)31(9,27(23)5)41(33,35(37(11,12)13)38(14,15)16)42(34,36(39(17,18)19)40(20,21)22)32(10)29(7)25(3)26(4)30(32)8/h1-22H3/t41-,42+. The van der Waals surface area contributed by atoms with Gasteiger partial charge in [0.25, 0.3) is 0 Å². The number of nitrogens with zero attached hydrogens (tertiary/aromatic N) is 2. The van der Waals surface area contributed by atoms with Crippen LogP contribution in [0.4, 0.5) is 8.22 Å². The maximum absolute atomic E-state index is 21.0. The zero-order chi connectivity index (χ0) is 33.8. The molecule has 2 rings (SSSR count). The highest BCUT2D eigenvalue weighted by molar-refractivity contribution is 7.44. The summed E-state index contributed by atoms with van der Waals surface area (Å²) in [7, 11) is -18.9. The van der Waals surface area contributed by atoms with Crippen LogP contribution in [0.2, 0.25) is 88.6 Å². The van der Waals surface area contributed by atoms with E-state index < -0.39 is 59.2 Å². The minimum Gasteiger partial charge on any atom is -0.341 e. The Kier molecular flexibility index (Phi) is 9.83. The van der Waals surface area contributed by atoms with Gasteiger partial charge in [-0.1, -0.05) is 115 Å². The van der Waals surface area contributed by atoms with Gasteiger partial charge in [-0.15, -0.1) is 0 Å². The molecule has 0 unspecified atom stereocenters. The molecule has 0 saturated heterocycles. The Bertz CT molecular complexity index is 1100. The second kappa shape index (κ2) is 10.8. The molecule has 0 aliphatic heterocycles. The van der Waals surface area contributed by atoms with Crippen LogP contribution in [0.1, 0.15) is 69.2 Å². The summed E-state index contributed by atoms with van der Waals surface area (Å²) in [5.41, 5.74) is 8.98. The fourth-order valence-electron chi connectivity index (χ4n) is 9.45. The van der Waals surface area contributed by atoms with Gasteiger partial charge in [-0.3, -0.25) is 8.22 Å². The maximum Gasteiger partial charge on any atom is 0.361 e. The molecule has 0 fully saturated rings. The first kappa shape index (κ1) is 38.2. The van der Waals surface area contributed by atoms with Gasteiger partial charge in [0.05, 0.1) is 0 Å². The van der Waals surface area contributed by atoms with Crippen molar-refractivity contribution in [2.75, 3.05) is 0 Å². The van der Waals surface area contributed by atoms with Crippen molar-refractivity contribution < 1.29 is 8.22 Å². The van der Waals surface area contributed by atoms with E-state index >= 15 is 8.22 Å². The molecule has 0 saturated carbocycles. The summed E-state index contributed by atoms with van der Waals surface area (Å²) in [5.74, 6) is 0. The molecule has 0 aromatic rings. The molecule has 2 aliphatic rings. The average molecular weight is 685 g/mol. The van der Waals surface area contributed by atoms with E-state index in [0.717, 1.165) is 22.3 Å². The highest BCUT2D eigenvalue weighted by atomic mass is 29.3. The Morgan fingerprint density at radius 3 is 0.643 bits per heavy atom. The average Bonchev–Trinajstić information content (AvgIpc) is 3.02. The van der Waals surface area contributed by atoms with Crippen molar-refractivity contribution in [3.63, 3.8) is 0 Å². The van der Waals surface area contributed by atoms with E-state index in [1.807, 2.05) is 0 Å². The molecular formula is C32H66F2N2Si6. The highest BCUT2D eigenvalue weighted by Gasteiger charge is 2.85. The Hall–Kier alpha value is 0.0413. The molecule has 2 nitrogen and oxygen atoms in total. The quantitative estimate of drug-likeness (QED) is 0.176. The lowest BCUT2D eigenvalue weighted by atomic mass is 9.98. The third kappa shape index (κ3) is 4.95. The van der Waals surface area contributed by atoms with Crippen molar-refractivity contribution in [1.82, 2.24) is 7.79 Å². The smallest absolute Gasteiger partial charge is 0.341 e. The van der Waals surface area contributed by atoms with E-state index in [1.54, 1.807) is 0 Å². The van der Waals surface area contributed by atoms with Crippen molar-refractivity contribution in [3.05, 3.63) is 44.6 Å². The van der Waals surface area contributed by atoms with Gasteiger partial charge in [-0.2, -0.15) is 0 Å². The van der Waals surface area contributed by atoms with E-state index in [-0.39, 0.29) is 0 Å². The summed E-state index contributed by atoms with van der Waals surface area (Å²) in [6, 6.07) is 0. The van der Waals surface area contributed by atoms with Crippen molar-refractivity contribution in [1.29, 1.82) is 0 Å². The van der Waals surface area contributed by atoms with Gasteiger partial charge in [0.2, 0.25) is 0 Å². The Labute approximate surface area is 266 Å². The van der Waals surface area contributed by atoms with Gasteiger partial charge < -0.3 is 7.79 Å². The number of rotatable bonds is 9. The Morgan fingerprint density at radius 1 is 0.381 bits per heavy atom. The number of allylic oxidation sites excluding steroid dienone is 8. The summed E-state index contributed by atoms with van der Waals surface area (Å²) in [5, 5.41) is -1.90. The largest absolute Gasteiger partial charge is 0.361 e. The van der Waals surface area contributed by atoms with E-state index in [4.69, 9.17) is 0 Å². The van der Waals surface area contributed by atoms with Crippen LogP contribution in [-0.4, -0.2) is 56.9 Å². The summed E-state index contributed by atoms with van der Waals surface area (Å²) in [6.45, 7) is 49.0. The van der Waals surface area contributed by atoms with Crippen LogP contribution in [0.15, 0.2) is 44.6 Å². The van der Waals surface area contributed by atoms with Gasteiger partial charge in [-0.25, -0.2) is 0 Å². The molecule has 0 amide bonds. The zero-order valence-electron chi connectivity index (χ0n) is 31.7. The molecular weight excluding hydrogens is 619 g/mol. The van der Waals surface area contributed by atoms with E-state index in [1.165, 1.54) is 22.3 Å². The molecule has 42 heavy (non-hydrogen) atoms. The molecule has 0 spiro atoms. The SMILES string of the molecule is CC1=C(C)C(C)([Si@](F)(N([Si](C)(C)C)[Si](C)(C)C)[Si@](F)(N([Si](C)(C)C)[Si](C)(C)C)C2(C)C(C)=C(C)C(C)=C2C)C(C)=C1C. The van der Waals surface area contributed by atoms with Crippen LogP contribution in [0, 0.1) is 0 Å². The van der Waals surface area contributed by atoms with Crippen LogP contribution >= 0.6 is 0 Å².